The highest BCUT2D eigenvalue weighted by Crippen LogP contribution is 2.27. The average Bonchev–Trinajstić information content (AvgIpc) is 3.05. The first-order valence-electron chi connectivity index (χ1n) is 8.11. The molecule has 4 aromatic rings. The highest BCUT2D eigenvalue weighted by atomic mass is 19.1. The topological polar surface area (TPSA) is 50.9 Å². The maximum Gasteiger partial charge on any atom is 0.223 e. The Bertz CT molecular complexity index is 1110. The first-order chi connectivity index (χ1) is 12.5. The Balaban J connectivity index is 1.81. The Kier molecular flexibility index (Phi) is 3.97. The molecule has 2 aromatic heterocycles. The number of hydrogen-bond donors (Lipinski definition) is 1. The molecule has 4 nitrogen and oxygen atoms in total. The van der Waals surface area contributed by atoms with E-state index in [0.29, 0.717) is 5.56 Å². The zero-order valence-electron chi connectivity index (χ0n) is 13.9. The third-order valence-corrected chi connectivity index (χ3v) is 4.30. The van der Waals surface area contributed by atoms with Gasteiger partial charge in [-0.1, -0.05) is 18.2 Å². The van der Waals surface area contributed by atoms with Gasteiger partial charge >= 0.3 is 0 Å². The minimum absolute atomic E-state index is 0.231. The lowest BCUT2D eigenvalue weighted by Gasteiger charge is -2.09. The maximum absolute atomic E-state index is 14.0. The number of aromatic nitrogens is 3. The van der Waals surface area contributed by atoms with Crippen LogP contribution in [-0.4, -0.2) is 19.6 Å². The summed E-state index contributed by atoms with van der Waals surface area (Å²) in [5, 5.41) is 9.71. The fraction of sp³-hybridized carbons (Fsp3) is 0.100. The number of hydrogen-bond acceptors (Lipinski definition) is 3. The zero-order valence-corrected chi connectivity index (χ0v) is 13.9. The van der Waals surface area contributed by atoms with Crippen molar-refractivity contribution in [2.24, 2.45) is 0 Å². The molecule has 2 heterocycles. The fourth-order valence-electron chi connectivity index (χ4n) is 2.95. The van der Waals surface area contributed by atoms with E-state index in [-0.39, 0.29) is 5.56 Å². The molecule has 4 rings (SSSR count). The van der Waals surface area contributed by atoms with Crippen molar-refractivity contribution in [1.82, 2.24) is 14.5 Å². The van der Waals surface area contributed by atoms with Crippen LogP contribution in [-0.2, 0) is 0 Å². The number of benzene rings is 2. The number of fused-ring (bicyclic) bond motifs is 1. The zero-order chi connectivity index (χ0) is 18.3. The number of aliphatic hydroxyl groups is 1. The first-order valence-corrected chi connectivity index (χ1v) is 8.11. The van der Waals surface area contributed by atoms with Crippen LogP contribution in [0.15, 0.2) is 60.9 Å². The molecule has 0 amide bonds. The molecule has 6 heteroatoms. The predicted octanol–water partition coefficient (Wildman–Crippen LogP) is 4.42. The van der Waals surface area contributed by atoms with E-state index in [1.807, 2.05) is 28.8 Å². The maximum atomic E-state index is 14.0. The molecule has 1 atom stereocenters. The highest BCUT2D eigenvalue weighted by molar-refractivity contribution is 5.79. The van der Waals surface area contributed by atoms with Crippen LogP contribution < -0.4 is 0 Å². The molecule has 0 spiro atoms. The minimum Gasteiger partial charge on any atom is -0.389 e. The number of aliphatic hydroxyl groups excluding tert-OH is 1. The molecule has 0 aliphatic rings. The van der Waals surface area contributed by atoms with Crippen molar-refractivity contribution in [1.29, 1.82) is 0 Å². The van der Waals surface area contributed by atoms with Gasteiger partial charge in [0, 0.05) is 11.3 Å². The normalized spacial score (nSPS) is 12.5. The van der Waals surface area contributed by atoms with Gasteiger partial charge in [-0.15, -0.1) is 0 Å². The molecule has 26 heavy (non-hydrogen) atoms. The second-order valence-corrected chi connectivity index (χ2v) is 6.06. The van der Waals surface area contributed by atoms with Gasteiger partial charge in [-0.3, -0.25) is 4.57 Å². The second-order valence-electron chi connectivity index (χ2n) is 6.06. The van der Waals surface area contributed by atoms with E-state index in [9.17, 15) is 13.9 Å². The Hall–Kier alpha value is -3.12. The van der Waals surface area contributed by atoms with Crippen LogP contribution in [0.3, 0.4) is 0 Å². The fourth-order valence-corrected chi connectivity index (χ4v) is 2.95. The van der Waals surface area contributed by atoms with Crippen molar-refractivity contribution in [3.8, 4) is 16.8 Å². The summed E-state index contributed by atoms with van der Waals surface area (Å²) >= 11 is 0. The largest absolute Gasteiger partial charge is 0.389 e. The Morgan fingerprint density at radius 3 is 2.65 bits per heavy atom. The molecule has 0 saturated heterocycles. The van der Waals surface area contributed by atoms with Crippen LogP contribution in [0.4, 0.5) is 8.78 Å². The summed E-state index contributed by atoms with van der Waals surface area (Å²) < 4.78 is 28.9. The number of rotatable bonds is 3. The summed E-state index contributed by atoms with van der Waals surface area (Å²) in [6.07, 6.45) is 1.11. The molecule has 0 saturated carbocycles. The molecular weight excluding hydrogens is 336 g/mol. The highest BCUT2D eigenvalue weighted by Gasteiger charge is 2.11. The van der Waals surface area contributed by atoms with E-state index in [1.165, 1.54) is 6.07 Å². The van der Waals surface area contributed by atoms with Gasteiger partial charge in [-0.25, -0.2) is 4.98 Å². The predicted molar refractivity (Wildman–Crippen MR) is 94.9 cm³/mol. The van der Waals surface area contributed by atoms with E-state index in [2.05, 4.69) is 9.97 Å². The van der Waals surface area contributed by atoms with Crippen molar-refractivity contribution in [2.45, 2.75) is 13.0 Å². The van der Waals surface area contributed by atoms with Gasteiger partial charge in [-0.05, 0) is 54.4 Å². The van der Waals surface area contributed by atoms with E-state index in [0.717, 1.165) is 28.4 Å². The second kappa shape index (κ2) is 6.31. The molecular formula is C20H15F2N3O. The molecule has 130 valence electrons. The molecule has 0 aliphatic carbocycles. The van der Waals surface area contributed by atoms with Gasteiger partial charge in [-0.2, -0.15) is 13.8 Å². The van der Waals surface area contributed by atoms with Crippen LogP contribution in [0.25, 0.3) is 27.8 Å². The average molecular weight is 351 g/mol. The minimum atomic E-state index is -0.850. The number of nitrogens with zero attached hydrogens (tertiary/aromatic N) is 3. The van der Waals surface area contributed by atoms with E-state index in [1.54, 1.807) is 31.5 Å². The van der Waals surface area contributed by atoms with Crippen molar-refractivity contribution in [2.75, 3.05) is 0 Å². The molecule has 0 radical (unpaired) electrons. The van der Waals surface area contributed by atoms with Crippen molar-refractivity contribution >= 4 is 11.0 Å². The van der Waals surface area contributed by atoms with Gasteiger partial charge < -0.3 is 5.11 Å². The monoisotopic (exact) mass is 351 g/mol. The standard InChI is InChI=1S/C20H15F2N3O/c1-12(26)13-5-7-18-17(10-13)23-11-25(18)15-4-2-3-14(9-15)16-6-8-19(21)24-20(16)22/h2-12,26H,1H3. The third kappa shape index (κ3) is 2.84. The van der Waals surface area contributed by atoms with Crippen LogP contribution in [0, 0.1) is 11.9 Å². The Morgan fingerprint density at radius 2 is 1.88 bits per heavy atom. The van der Waals surface area contributed by atoms with Crippen LogP contribution in [0.5, 0.6) is 0 Å². The summed E-state index contributed by atoms with van der Waals surface area (Å²) in [5.74, 6) is -1.70. The van der Waals surface area contributed by atoms with Crippen LogP contribution >= 0.6 is 0 Å². The Morgan fingerprint density at radius 1 is 1.04 bits per heavy atom. The van der Waals surface area contributed by atoms with Crippen molar-refractivity contribution in [3.05, 3.63) is 78.4 Å². The number of imidazole rings is 1. The lowest BCUT2D eigenvalue weighted by atomic mass is 10.1. The van der Waals surface area contributed by atoms with E-state index in [4.69, 9.17) is 0 Å². The first kappa shape index (κ1) is 16.4. The summed E-state index contributed by atoms with van der Waals surface area (Å²) in [5.41, 5.74) is 4.02. The quantitative estimate of drug-likeness (QED) is 0.556. The summed E-state index contributed by atoms with van der Waals surface area (Å²) in [4.78, 5) is 7.63. The van der Waals surface area contributed by atoms with E-state index >= 15 is 0 Å². The Labute approximate surface area is 148 Å². The molecule has 1 N–H and O–H groups in total. The molecule has 0 bridgehead atoms. The third-order valence-electron chi connectivity index (χ3n) is 4.30. The van der Waals surface area contributed by atoms with Crippen molar-refractivity contribution in [3.63, 3.8) is 0 Å². The van der Waals surface area contributed by atoms with Crippen LogP contribution in [0.1, 0.15) is 18.6 Å². The van der Waals surface area contributed by atoms with Gasteiger partial charge in [0.2, 0.25) is 11.9 Å². The number of pyridine rings is 1. The summed E-state index contributed by atoms with van der Waals surface area (Å²) in [6, 6.07) is 15.3. The van der Waals surface area contributed by atoms with Gasteiger partial charge in [0.15, 0.2) is 0 Å². The smallest absolute Gasteiger partial charge is 0.223 e. The number of halogens is 2. The molecule has 0 fully saturated rings. The van der Waals surface area contributed by atoms with Crippen LogP contribution in [0.2, 0.25) is 0 Å². The van der Waals surface area contributed by atoms with Gasteiger partial charge in [0.05, 0.1) is 17.1 Å². The van der Waals surface area contributed by atoms with E-state index < -0.39 is 18.0 Å². The molecule has 2 aromatic carbocycles. The molecule has 0 aliphatic heterocycles. The summed E-state index contributed by atoms with van der Waals surface area (Å²) in [7, 11) is 0. The lowest BCUT2D eigenvalue weighted by molar-refractivity contribution is 0.199. The van der Waals surface area contributed by atoms with Gasteiger partial charge in [0.25, 0.3) is 0 Å². The molecule has 1 unspecified atom stereocenters. The lowest BCUT2D eigenvalue weighted by Crippen LogP contribution is -1.96. The van der Waals surface area contributed by atoms with Gasteiger partial charge in [0.1, 0.15) is 6.33 Å². The van der Waals surface area contributed by atoms with Crippen molar-refractivity contribution < 1.29 is 13.9 Å². The SMILES string of the molecule is CC(O)c1ccc2c(c1)ncn2-c1cccc(-c2ccc(F)nc2F)c1. The summed E-state index contributed by atoms with van der Waals surface area (Å²) in [6.45, 7) is 1.70.